The molecular formula is C20H28O3. The summed E-state index contributed by atoms with van der Waals surface area (Å²) in [5.74, 6) is 0.677. The number of hydrogen-bond donors (Lipinski definition) is 1. The van der Waals surface area contributed by atoms with Crippen molar-refractivity contribution < 1.29 is 14.7 Å². The molecule has 1 aliphatic rings. The maximum Gasteiger partial charge on any atom is 0.163 e. The van der Waals surface area contributed by atoms with Crippen LogP contribution in [0.3, 0.4) is 0 Å². The SMILES string of the molecule is CC(C)CC(=O)C[C@@]1(C)CC(=O)c2cc(C(C)(C)O)ccc2C1. The van der Waals surface area contributed by atoms with Crippen molar-refractivity contribution >= 4 is 11.6 Å². The summed E-state index contributed by atoms with van der Waals surface area (Å²) in [5.41, 5.74) is 1.21. The first-order chi connectivity index (χ1) is 10.5. The second-order valence-electron chi connectivity index (χ2n) is 8.33. The Labute approximate surface area is 139 Å². The molecule has 0 spiro atoms. The Morgan fingerprint density at radius 2 is 1.96 bits per heavy atom. The number of carbonyl (C=O) groups excluding carboxylic acids is 2. The monoisotopic (exact) mass is 316 g/mol. The molecule has 3 heteroatoms. The fraction of sp³-hybridized carbons (Fsp3) is 0.600. The molecule has 0 aromatic heterocycles. The summed E-state index contributed by atoms with van der Waals surface area (Å²) >= 11 is 0. The van der Waals surface area contributed by atoms with Crippen LogP contribution in [0.1, 0.15) is 75.4 Å². The maximum absolute atomic E-state index is 12.6. The van der Waals surface area contributed by atoms with Crippen LogP contribution >= 0.6 is 0 Å². The van der Waals surface area contributed by atoms with Gasteiger partial charge in [-0.3, -0.25) is 9.59 Å². The molecule has 0 aliphatic heterocycles. The summed E-state index contributed by atoms with van der Waals surface area (Å²) in [4.78, 5) is 24.8. The first-order valence-electron chi connectivity index (χ1n) is 8.41. The molecule has 1 N–H and O–H groups in total. The number of ketones is 2. The van der Waals surface area contributed by atoms with Gasteiger partial charge in [0.1, 0.15) is 5.78 Å². The zero-order chi connectivity index (χ0) is 17.4. The molecule has 3 nitrogen and oxygen atoms in total. The maximum atomic E-state index is 12.6. The first kappa shape index (κ1) is 17.9. The predicted octanol–water partition coefficient (Wildman–Crippen LogP) is 4.05. The van der Waals surface area contributed by atoms with E-state index >= 15 is 0 Å². The Hall–Kier alpha value is -1.48. The average Bonchev–Trinajstić information content (AvgIpc) is 2.34. The van der Waals surface area contributed by atoms with Crippen molar-refractivity contribution in [3.63, 3.8) is 0 Å². The zero-order valence-corrected chi connectivity index (χ0v) is 14.9. The summed E-state index contributed by atoms with van der Waals surface area (Å²) in [5, 5.41) is 10.1. The standard InChI is InChI=1S/C20H28O3/c1-13(2)8-16(21)11-20(5)10-14-6-7-15(19(3,4)23)9-17(14)18(22)12-20/h6-7,9,13,23H,8,10-12H2,1-5H3/t20-/m0/s1. The predicted molar refractivity (Wildman–Crippen MR) is 91.5 cm³/mol. The van der Waals surface area contributed by atoms with Crippen molar-refractivity contribution in [1.82, 2.24) is 0 Å². The van der Waals surface area contributed by atoms with Crippen molar-refractivity contribution in [2.24, 2.45) is 11.3 Å². The van der Waals surface area contributed by atoms with E-state index in [4.69, 9.17) is 0 Å². The number of hydrogen-bond acceptors (Lipinski definition) is 3. The summed E-state index contributed by atoms with van der Waals surface area (Å²) in [7, 11) is 0. The topological polar surface area (TPSA) is 54.4 Å². The van der Waals surface area contributed by atoms with E-state index in [2.05, 4.69) is 0 Å². The van der Waals surface area contributed by atoms with Gasteiger partial charge in [0.25, 0.3) is 0 Å². The Balaban J connectivity index is 2.24. The lowest BCUT2D eigenvalue weighted by molar-refractivity contribution is -0.121. The van der Waals surface area contributed by atoms with Crippen LogP contribution in [-0.2, 0) is 16.8 Å². The van der Waals surface area contributed by atoms with Gasteiger partial charge in [-0.15, -0.1) is 0 Å². The molecule has 0 heterocycles. The molecule has 23 heavy (non-hydrogen) atoms. The Bertz CT molecular complexity index is 622. The highest BCUT2D eigenvalue weighted by molar-refractivity contribution is 5.99. The van der Waals surface area contributed by atoms with E-state index in [9.17, 15) is 14.7 Å². The van der Waals surface area contributed by atoms with Gasteiger partial charge < -0.3 is 5.11 Å². The molecular weight excluding hydrogens is 288 g/mol. The number of carbonyl (C=O) groups is 2. The van der Waals surface area contributed by atoms with Crippen molar-refractivity contribution in [3.8, 4) is 0 Å². The largest absolute Gasteiger partial charge is 0.386 e. The van der Waals surface area contributed by atoms with Crippen LogP contribution in [0.5, 0.6) is 0 Å². The summed E-state index contributed by atoms with van der Waals surface area (Å²) in [6, 6.07) is 5.63. The highest BCUT2D eigenvalue weighted by Gasteiger charge is 2.36. The lowest BCUT2D eigenvalue weighted by Crippen LogP contribution is -2.32. The molecule has 1 atom stereocenters. The van der Waals surface area contributed by atoms with E-state index in [1.807, 2.05) is 39.0 Å². The number of rotatable bonds is 5. The Morgan fingerprint density at radius 1 is 1.30 bits per heavy atom. The van der Waals surface area contributed by atoms with E-state index < -0.39 is 5.60 Å². The highest BCUT2D eigenvalue weighted by atomic mass is 16.3. The van der Waals surface area contributed by atoms with Crippen molar-refractivity contribution in [3.05, 3.63) is 34.9 Å². The molecule has 0 bridgehead atoms. The van der Waals surface area contributed by atoms with Gasteiger partial charge in [-0.25, -0.2) is 0 Å². The minimum Gasteiger partial charge on any atom is -0.386 e. The normalized spacial score (nSPS) is 21.4. The zero-order valence-electron chi connectivity index (χ0n) is 14.9. The third kappa shape index (κ3) is 4.29. The molecule has 126 valence electrons. The second-order valence-corrected chi connectivity index (χ2v) is 8.33. The average molecular weight is 316 g/mol. The lowest BCUT2D eigenvalue weighted by Gasteiger charge is -2.34. The minimum atomic E-state index is -0.955. The van der Waals surface area contributed by atoms with E-state index in [1.165, 1.54) is 0 Å². The molecule has 1 aromatic rings. The van der Waals surface area contributed by atoms with Crippen LogP contribution in [0, 0.1) is 11.3 Å². The number of benzene rings is 1. The molecule has 0 fully saturated rings. The van der Waals surface area contributed by atoms with Gasteiger partial charge in [0, 0.05) is 24.8 Å². The van der Waals surface area contributed by atoms with Crippen LogP contribution < -0.4 is 0 Å². The molecule has 0 unspecified atom stereocenters. The van der Waals surface area contributed by atoms with E-state index in [-0.39, 0.29) is 17.0 Å². The van der Waals surface area contributed by atoms with Gasteiger partial charge >= 0.3 is 0 Å². The van der Waals surface area contributed by atoms with Gasteiger partial charge in [-0.1, -0.05) is 32.9 Å². The summed E-state index contributed by atoms with van der Waals surface area (Å²) in [6.45, 7) is 9.56. The van der Waals surface area contributed by atoms with Crippen molar-refractivity contribution in [2.75, 3.05) is 0 Å². The van der Waals surface area contributed by atoms with Crippen molar-refractivity contribution in [2.45, 2.75) is 65.9 Å². The molecule has 2 rings (SSSR count). The number of aliphatic hydroxyl groups is 1. The quantitative estimate of drug-likeness (QED) is 0.891. The summed E-state index contributed by atoms with van der Waals surface area (Å²) in [6.07, 6.45) is 2.18. The van der Waals surface area contributed by atoms with E-state index in [1.54, 1.807) is 13.8 Å². The van der Waals surface area contributed by atoms with Gasteiger partial charge in [0.15, 0.2) is 5.78 Å². The van der Waals surface area contributed by atoms with Crippen LogP contribution in [-0.4, -0.2) is 16.7 Å². The number of fused-ring (bicyclic) bond motifs is 1. The van der Waals surface area contributed by atoms with Crippen LogP contribution in [0.2, 0.25) is 0 Å². The molecule has 1 aromatic carbocycles. The lowest BCUT2D eigenvalue weighted by atomic mass is 9.69. The molecule has 0 saturated heterocycles. The molecule has 0 saturated carbocycles. The van der Waals surface area contributed by atoms with Gasteiger partial charge in [-0.05, 0) is 48.8 Å². The van der Waals surface area contributed by atoms with Crippen molar-refractivity contribution in [1.29, 1.82) is 0 Å². The smallest absolute Gasteiger partial charge is 0.163 e. The first-order valence-corrected chi connectivity index (χ1v) is 8.41. The van der Waals surface area contributed by atoms with Gasteiger partial charge in [0.05, 0.1) is 5.60 Å². The fourth-order valence-electron chi connectivity index (χ4n) is 3.50. The van der Waals surface area contributed by atoms with Gasteiger partial charge in [-0.2, -0.15) is 0 Å². The molecule has 1 aliphatic carbocycles. The van der Waals surface area contributed by atoms with Gasteiger partial charge in [0.2, 0.25) is 0 Å². The third-order valence-electron chi connectivity index (χ3n) is 4.58. The molecule has 0 amide bonds. The van der Waals surface area contributed by atoms with E-state index in [0.29, 0.717) is 30.7 Å². The highest BCUT2D eigenvalue weighted by Crippen LogP contribution is 2.39. The minimum absolute atomic E-state index is 0.0807. The van der Waals surface area contributed by atoms with Crippen LogP contribution in [0.25, 0.3) is 0 Å². The molecule has 0 radical (unpaired) electrons. The van der Waals surface area contributed by atoms with Crippen LogP contribution in [0.15, 0.2) is 18.2 Å². The fourth-order valence-corrected chi connectivity index (χ4v) is 3.50. The third-order valence-corrected chi connectivity index (χ3v) is 4.58. The Kier molecular flexibility index (Phi) is 4.81. The number of Topliss-reactive ketones (excluding diaryl/α,β-unsaturated/α-hetero) is 2. The van der Waals surface area contributed by atoms with E-state index in [0.717, 1.165) is 17.5 Å². The second kappa shape index (κ2) is 6.20. The van der Waals surface area contributed by atoms with Crippen LogP contribution in [0.4, 0.5) is 0 Å². The summed E-state index contributed by atoms with van der Waals surface area (Å²) < 4.78 is 0. The Morgan fingerprint density at radius 3 is 2.52 bits per heavy atom.